The Morgan fingerprint density at radius 1 is 1.00 bits per heavy atom. The molecule has 2 heterocycles. The summed E-state index contributed by atoms with van der Waals surface area (Å²) in [6, 6.07) is 7.61. The largest absolute Gasteiger partial charge is 0.488 e. The fraction of sp³-hybridized carbons (Fsp3) is 0.250. The van der Waals surface area contributed by atoms with E-state index in [-0.39, 0.29) is 43.6 Å². The van der Waals surface area contributed by atoms with Gasteiger partial charge in [0.25, 0.3) is 5.91 Å². The van der Waals surface area contributed by atoms with Gasteiger partial charge in [-0.05, 0) is 42.5 Å². The number of fused-ring (bicyclic) bond motifs is 1. The molecule has 0 aromatic heterocycles. The fourth-order valence-corrected chi connectivity index (χ4v) is 5.01. The van der Waals surface area contributed by atoms with Gasteiger partial charge in [0.15, 0.2) is 11.6 Å². The van der Waals surface area contributed by atoms with Crippen molar-refractivity contribution in [2.75, 3.05) is 32.8 Å². The fourth-order valence-electron chi connectivity index (χ4n) is 3.39. The minimum atomic E-state index is -3.99. The summed E-state index contributed by atoms with van der Waals surface area (Å²) in [5, 5.41) is 0.526. The molecule has 158 valence electrons. The Morgan fingerprint density at radius 2 is 1.73 bits per heavy atom. The van der Waals surface area contributed by atoms with Gasteiger partial charge >= 0.3 is 0 Å². The molecule has 2 aliphatic heterocycles. The zero-order valence-corrected chi connectivity index (χ0v) is 17.2. The molecule has 0 radical (unpaired) electrons. The van der Waals surface area contributed by atoms with E-state index in [1.165, 1.54) is 0 Å². The number of sulfonamides is 1. The van der Waals surface area contributed by atoms with Crippen molar-refractivity contribution in [3.63, 3.8) is 0 Å². The SMILES string of the molecule is O=C(C1=Cc2cc(Cl)ccc2OC1)N1CCN(S(=O)(=O)c2ccc(F)c(F)c2)CC1. The van der Waals surface area contributed by atoms with Crippen molar-refractivity contribution < 1.29 is 26.7 Å². The van der Waals surface area contributed by atoms with Crippen LogP contribution in [0.5, 0.6) is 5.75 Å². The molecular weight excluding hydrogens is 438 g/mol. The minimum absolute atomic E-state index is 0.0453. The molecule has 1 amide bonds. The zero-order valence-electron chi connectivity index (χ0n) is 15.6. The average molecular weight is 455 g/mol. The van der Waals surface area contributed by atoms with Crippen LogP contribution in [0.25, 0.3) is 6.08 Å². The highest BCUT2D eigenvalue weighted by Gasteiger charge is 2.32. The molecule has 10 heteroatoms. The average Bonchev–Trinajstić information content (AvgIpc) is 2.74. The Bertz CT molecular complexity index is 1150. The molecule has 0 saturated carbocycles. The van der Waals surface area contributed by atoms with Gasteiger partial charge in [-0.1, -0.05) is 11.6 Å². The molecule has 0 aliphatic carbocycles. The molecule has 0 atom stereocenters. The molecule has 2 aliphatic rings. The van der Waals surface area contributed by atoms with Crippen molar-refractivity contribution in [1.29, 1.82) is 0 Å². The van der Waals surface area contributed by atoms with Crippen LogP contribution in [0.15, 0.2) is 46.9 Å². The first-order valence-electron chi connectivity index (χ1n) is 9.13. The van der Waals surface area contributed by atoms with E-state index >= 15 is 0 Å². The molecule has 4 rings (SSSR count). The Kier molecular flexibility index (Phi) is 5.52. The third-order valence-corrected chi connectivity index (χ3v) is 7.14. The number of benzene rings is 2. The van der Waals surface area contributed by atoms with Crippen molar-refractivity contribution >= 4 is 33.6 Å². The van der Waals surface area contributed by atoms with Gasteiger partial charge in [-0.3, -0.25) is 4.79 Å². The Balaban J connectivity index is 1.45. The van der Waals surface area contributed by atoms with Crippen LogP contribution >= 0.6 is 11.6 Å². The van der Waals surface area contributed by atoms with E-state index in [1.54, 1.807) is 29.2 Å². The number of hydrogen-bond donors (Lipinski definition) is 0. The lowest BCUT2D eigenvalue weighted by Crippen LogP contribution is -2.51. The standard InChI is InChI=1S/C20H17ClF2N2O4S/c21-15-1-4-19-13(10-15)9-14(12-29-19)20(26)24-5-7-25(8-6-24)30(27,28)16-2-3-17(22)18(23)11-16/h1-4,9-11H,5-8,12H2. The lowest BCUT2D eigenvalue weighted by Gasteiger charge is -2.34. The third kappa shape index (κ3) is 3.92. The van der Waals surface area contributed by atoms with E-state index < -0.39 is 21.7 Å². The molecule has 6 nitrogen and oxygen atoms in total. The second-order valence-corrected chi connectivity index (χ2v) is 9.29. The van der Waals surface area contributed by atoms with Crippen molar-refractivity contribution in [2.45, 2.75) is 4.90 Å². The molecular formula is C20H17ClF2N2O4S. The summed E-state index contributed by atoms with van der Waals surface area (Å²) in [5.41, 5.74) is 1.15. The summed E-state index contributed by atoms with van der Waals surface area (Å²) in [6.07, 6.45) is 1.72. The summed E-state index contributed by atoms with van der Waals surface area (Å²) >= 11 is 5.99. The second-order valence-electron chi connectivity index (χ2n) is 6.91. The van der Waals surface area contributed by atoms with Crippen molar-refractivity contribution in [1.82, 2.24) is 9.21 Å². The van der Waals surface area contributed by atoms with E-state index in [4.69, 9.17) is 16.3 Å². The first-order valence-corrected chi connectivity index (χ1v) is 10.9. The number of piperazine rings is 1. The molecule has 0 spiro atoms. The quantitative estimate of drug-likeness (QED) is 0.715. The zero-order chi connectivity index (χ0) is 21.5. The minimum Gasteiger partial charge on any atom is -0.488 e. The van der Waals surface area contributed by atoms with E-state index in [2.05, 4.69) is 0 Å². The molecule has 1 fully saturated rings. The van der Waals surface area contributed by atoms with Crippen LogP contribution in [0.2, 0.25) is 5.02 Å². The summed E-state index contributed by atoms with van der Waals surface area (Å²) in [5.74, 6) is -1.95. The van der Waals surface area contributed by atoms with E-state index in [0.29, 0.717) is 28.0 Å². The first-order chi connectivity index (χ1) is 14.3. The van der Waals surface area contributed by atoms with Crippen LogP contribution < -0.4 is 4.74 Å². The van der Waals surface area contributed by atoms with Crippen LogP contribution in [0.1, 0.15) is 5.56 Å². The Hall–Kier alpha value is -2.49. The second kappa shape index (κ2) is 7.98. The number of carbonyl (C=O) groups is 1. The van der Waals surface area contributed by atoms with Crippen LogP contribution in [0.4, 0.5) is 8.78 Å². The highest BCUT2D eigenvalue weighted by atomic mass is 35.5. The normalized spacial score (nSPS) is 17.2. The number of ether oxygens (including phenoxy) is 1. The van der Waals surface area contributed by atoms with Crippen LogP contribution in [-0.4, -0.2) is 56.3 Å². The van der Waals surface area contributed by atoms with Crippen molar-refractivity contribution in [2.24, 2.45) is 0 Å². The predicted molar refractivity (Wildman–Crippen MR) is 107 cm³/mol. The highest BCUT2D eigenvalue weighted by Crippen LogP contribution is 2.30. The number of amides is 1. The van der Waals surface area contributed by atoms with E-state index in [1.807, 2.05) is 0 Å². The maximum Gasteiger partial charge on any atom is 0.253 e. The molecule has 30 heavy (non-hydrogen) atoms. The number of hydrogen-bond acceptors (Lipinski definition) is 4. The van der Waals surface area contributed by atoms with Crippen LogP contribution in [0.3, 0.4) is 0 Å². The van der Waals surface area contributed by atoms with Gasteiger partial charge in [-0.2, -0.15) is 4.31 Å². The van der Waals surface area contributed by atoms with Crippen LogP contribution in [-0.2, 0) is 14.8 Å². The number of rotatable bonds is 3. The summed E-state index contributed by atoms with van der Waals surface area (Å²) in [4.78, 5) is 14.1. The molecule has 1 saturated heterocycles. The van der Waals surface area contributed by atoms with Gasteiger partial charge in [0.2, 0.25) is 10.0 Å². The summed E-state index contributed by atoms with van der Waals surface area (Å²) < 4.78 is 58.7. The smallest absolute Gasteiger partial charge is 0.253 e. The van der Waals surface area contributed by atoms with Gasteiger partial charge in [0.1, 0.15) is 12.4 Å². The van der Waals surface area contributed by atoms with E-state index in [0.717, 1.165) is 16.4 Å². The maximum atomic E-state index is 13.4. The lowest BCUT2D eigenvalue weighted by molar-refractivity contribution is -0.128. The first kappa shape index (κ1) is 20.8. The third-order valence-electron chi connectivity index (χ3n) is 5.01. The lowest BCUT2D eigenvalue weighted by atomic mass is 10.1. The highest BCUT2D eigenvalue weighted by molar-refractivity contribution is 7.89. The van der Waals surface area contributed by atoms with Crippen molar-refractivity contribution in [3.05, 3.63) is 64.2 Å². The van der Waals surface area contributed by atoms with Gasteiger partial charge < -0.3 is 9.64 Å². The Labute approximate surface area is 177 Å². The predicted octanol–water partition coefficient (Wildman–Crippen LogP) is 2.93. The molecule has 2 aromatic rings. The topological polar surface area (TPSA) is 66.9 Å². The summed E-state index contributed by atoms with van der Waals surface area (Å²) in [6.45, 7) is 0.539. The van der Waals surface area contributed by atoms with Crippen molar-refractivity contribution in [3.8, 4) is 5.75 Å². The molecule has 0 unspecified atom stereocenters. The summed E-state index contributed by atoms with van der Waals surface area (Å²) in [7, 11) is -3.99. The van der Waals surface area contributed by atoms with E-state index in [9.17, 15) is 22.0 Å². The molecule has 0 bridgehead atoms. The maximum absolute atomic E-state index is 13.4. The monoisotopic (exact) mass is 454 g/mol. The van der Waals surface area contributed by atoms with Gasteiger partial charge in [-0.15, -0.1) is 0 Å². The Morgan fingerprint density at radius 3 is 2.43 bits per heavy atom. The molecule has 2 aromatic carbocycles. The number of halogens is 3. The van der Waals surface area contributed by atoms with Crippen LogP contribution in [0, 0.1) is 11.6 Å². The molecule has 0 N–H and O–H groups in total. The number of nitrogens with zero attached hydrogens (tertiary/aromatic N) is 2. The van der Waals surface area contributed by atoms with Gasteiger partial charge in [0.05, 0.1) is 10.5 Å². The number of carbonyl (C=O) groups excluding carboxylic acids is 1. The van der Waals surface area contributed by atoms with Gasteiger partial charge in [-0.25, -0.2) is 17.2 Å². The van der Waals surface area contributed by atoms with Gasteiger partial charge in [0, 0.05) is 36.8 Å².